The van der Waals surface area contributed by atoms with Crippen LogP contribution in [0.15, 0.2) is 24.3 Å². The molecule has 0 unspecified atom stereocenters. The lowest BCUT2D eigenvalue weighted by Crippen LogP contribution is -1.92. The molecule has 0 atom stereocenters. The van der Waals surface area contributed by atoms with Gasteiger partial charge in [-0.3, -0.25) is 4.79 Å². The number of benzene rings is 1. The number of ether oxygens (including phenoxy) is 1. The number of halogens is 1. The van der Waals surface area contributed by atoms with Gasteiger partial charge in [0.15, 0.2) is 0 Å². The Hall–Kier alpha value is -1.38. The van der Waals surface area contributed by atoms with E-state index in [1.165, 1.54) is 6.07 Å². The fourth-order valence-electron chi connectivity index (χ4n) is 0.739. The van der Waals surface area contributed by atoms with Crippen LogP contribution in [0, 0.1) is 5.82 Å². The molecule has 0 amide bonds. The summed E-state index contributed by atoms with van der Waals surface area (Å²) in [5, 5.41) is 0. The Morgan fingerprint density at radius 1 is 1.45 bits per heavy atom. The Morgan fingerprint density at radius 3 is 2.82 bits per heavy atom. The summed E-state index contributed by atoms with van der Waals surface area (Å²) in [4.78, 5) is 9.74. The van der Waals surface area contributed by atoms with Crippen LogP contribution < -0.4 is 0 Å². The molecule has 1 aromatic carbocycles. The molecule has 0 bridgehead atoms. The number of hydrogen-bond donors (Lipinski definition) is 0. The van der Waals surface area contributed by atoms with Crippen molar-refractivity contribution in [1.82, 2.24) is 0 Å². The quantitative estimate of drug-likeness (QED) is 0.616. The van der Waals surface area contributed by atoms with Crippen molar-refractivity contribution < 1.29 is 13.9 Å². The van der Waals surface area contributed by atoms with Gasteiger partial charge in [-0.25, -0.2) is 4.39 Å². The van der Waals surface area contributed by atoms with Crippen molar-refractivity contribution in [2.75, 3.05) is 0 Å². The first-order chi connectivity index (χ1) is 5.34. The van der Waals surface area contributed by atoms with Crippen LogP contribution in [-0.2, 0) is 16.1 Å². The highest BCUT2D eigenvalue weighted by Gasteiger charge is 1.98. The molecule has 0 aliphatic carbocycles. The van der Waals surface area contributed by atoms with E-state index in [9.17, 15) is 9.18 Å². The van der Waals surface area contributed by atoms with E-state index in [4.69, 9.17) is 0 Å². The lowest BCUT2D eigenvalue weighted by molar-refractivity contribution is -0.129. The Kier molecular flexibility index (Phi) is 2.60. The Morgan fingerprint density at radius 2 is 2.18 bits per heavy atom. The molecule has 0 aromatic heterocycles. The first-order valence-corrected chi connectivity index (χ1v) is 3.13. The maximum atomic E-state index is 12.7. The first kappa shape index (κ1) is 7.72. The maximum Gasteiger partial charge on any atom is 0.293 e. The summed E-state index contributed by atoms with van der Waals surface area (Å²) in [5.41, 5.74) is 0.389. The highest BCUT2D eigenvalue weighted by molar-refractivity contribution is 5.37. The van der Waals surface area contributed by atoms with Gasteiger partial charge in [0, 0.05) is 5.56 Å². The summed E-state index contributed by atoms with van der Waals surface area (Å²) in [5.74, 6) is -0.352. The second-order valence-electron chi connectivity index (χ2n) is 2.00. The van der Waals surface area contributed by atoms with Crippen molar-refractivity contribution in [2.24, 2.45) is 0 Å². The third-order valence-electron chi connectivity index (χ3n) is 1.26. The molecule has 11 heavy (non-hydrogen) atoms. The third kappa shape index (κ3) is 2.04. The second-order valence-corrected chi connectivity index (χ2v) is 2.00. The Labute approximate surface area is 63.6 Å². The van der Waals surface area contributed by atoms with Gasteiger partial charge in [-0.1, -0.05) is 18.2 Å². The zero-order chi connectivity index (χ0) is 8.10. The summed E-state index contributed by atoms with van der Waals surface area (Å²) in [6.45, 7) is 0.294. The van der Waals surface area contributed by atoms with Gasteiger partial charge in [-0.15, -0.1) is 0 Å². The van der Waals surface area contributed by atoms with E-state index < -0.39 is 0 Å². The lowest BCUT2D eigenvalue weighted by atomic mass is 10.2. The van der Waals surface area contributed by atoms with Crippen molar-refractivity contribution in [3.05, 3.63) is 35.6 Å². The highest BCUT2D eigenvalue weighted by Crippen LogP contribution is 2.06. The predicted molar refractivity (Wildman–Crippen MR) is 37.3 cm³/mol. The van der Waals surface area contributed by atoms with E-state index in [1.54, 1.807) is 18.2 Å². The van der Waals surface area contributed by atoms with Crippen LogP contribution in [0.5, 0.6) is 0 Å². The summed E-state index contributed by atoms with van der Waals surface area (Å²) < 4.78 is 17.1. The van der Waals surface area contributed by atoms with E-state index in [0.29, 0.717) is 12.0 Å². The number of carbonyl (C=O) groups excluding carboxylic acids is 1. The molecule has 0 N–H and O–H groups in total. The van der Waals surface area contributed by atoms with Gasteiger partial charge in [0.05, 0.1) is 0 Å². The summed E-state index contributed by atoms with van der Waals surface area (Å²) in [6.07, 6.45) is 0. The molecule has 58 valence electrons. The molecule has 0 heterocycles. The third-order valence-corrected chi connectivity index (χ3v) is 1.26. The molecular weight excluding hydrogens is 147 g/mol. The van der Waals surface area contributed by atoms with Gasteiger partial charge < -0.3 is 4.74 Å². The van der Waals surface area contributed by atoms with E-state index in [1.807, 2.05) is 0 Å². The topological polar surface area (TPSA) is 26.3 Å². The first-order valence-electron chi connectivity index (χ1n) is 3.13. The van der Waals surface area contributed by atoms with Gasteiger partial charge in [0.1, 0.15) is 12.4 Å². The van der Waals surface area contributed by atoms with Crippen molar-refractivity contribution >= 4 is 6.47 Å². The van der Waals surface area contributed by atoms with Crippen LogP contribution in [0.2, 0.25) is 0 Å². The minimum atomic E-state index is -0.352. The van der Waals surface area contributed by atoms with Crippen molar-refractivity contribution in [1.29, 1.82) is 0 Å². The summed E-state index contributed by atoms with van der Waals surface area (Å²) in [6, 6.07) is 6.16. The Bertz CT molecular complexity index is 248. The highest BCUT2D eigenvalue weighted by atomic mass is 19.1. The largest absolute Gasteiger partial charge is 0.463 e. The van der Waals surface area contributed by atoms with Crippen molar-refractivity contribution in [2.45, 2.75) is 6.61 Å². The van der Waals surface area contributed by atoms with Crippen molar-refractivity contribution in [3.8, 4) is 0 Å². The van der Waals surface area contributed by atoms with E-state index in [0.717, 1.165) is 0 Å². The monoisotopic (exact) mass is 154 g/mol. The average molecular weight is 154 g/mol. The van der Waals surface area contributed by atoms with Gasteiger partial charge in [-0.05, 0) is 6.07 Å². The fraction of sp³-hybridized carbons (Fsp3) is 0.125. The van der Waals surface area contributed by atoms with Crippen LogP contribution >= 0.6 is 0 Å². The molecule has 0 saturated heterocycles. The van der Waals surface area contributed by atoms with Crippen molar-refractivity contribution in [3.63, 3.8) is 0 Å². The fourth-order valence-corrected chi connectivity index (χ4v) is 0.739. The number of rotatable bonds is 3. The minimum absolute atomic E-state index is 0.00380. The summed E-state index contributed by atoms with van der Waals surface area (Å²) >= 11 is 0. The van der Waals surface area contributed by atoms with Crippen LogP contribution in [0.3, 0.4) is 0 Å². The van der Waals surface area contributed by atoms with Gasteiger partial charge in [0.25, 0.3) is 6.47 Å². The zero-order valence-electron chi connectivity index (χ0n) is 5.79. The number of hydrogen-bond acceptors (Lipinski definition) is 2. The molecule has 0 aliphatic rings. The molecule has 0 aliphatic heterocycles. The molecule has 0 radical (unpaired) electrons. The van der Waals surface area contributed by atoms with Crippen LogP contribution in [0.1, 0.15) is 5.56 Å². The average Bonchev–Trinajstić information content (AvgIpc) is 2.03. The molecule has 1 aromatic rings. The van der Waals surface area contributed by atoms with Gasteiger partial charge >= 0.3 is 0 Å². The summed E-state index contributed by atoms with van der Waals surface area (Å²) in [7, 11) is 0. The molecular formula is C8H7FO2. The van der Waals surface area contributed by atoms with Gasteiger partial charge in [-0.2, -0.15) is 0 Å². The molecule has 2 nitrogen and oxygen atoms in total. The molecule has 0 spiro atoms. The van der Waals surface area contributed by atoms with Crippen LogP contribution in [0.4, 0.5) is 4.39 Å². The number of carbonyl (C=O) groups is 1. The second kappa shape index (κ2) is 3.71. The standard InChI is InChI=1S/C8H7FO2/c9-8-4-2-1-3-7(8)5-11-6-10/h1-4,6H,5H2. The normalized spacial score (nSPS) is 9.18. The molecule has 3 heteroatoms. The van der Waals surface area contributed by atoms with Crippen LogP contribution in [0.25, 0.3) is 0 Å². The molecule has 0 fully saturated rings. The minimum Gasteiger partial charge on any atom is -0.463 e. The maximum absolute atomic E-state index is 12.7. The zero-order valence-corrected chi connectivity index (χ0v) is 5.79. The van der Waals surface area contributed by atoms with Crippen LogP contribution in [-0.4, -0.2) is 6.47 Å². The van der Waals surface area contributed by atoms with E-state index >= 15 is 0 Å². The lowest BCUT2D eigenvalue weighted by Gasteiger charge is -1.99. The molecule has 0 saturated carbocycles. The van der Waals surface area contributed by atoms with E-state index in [2.05, 4.69) is 4.74 Å². The smallest absolute Gasteiger partial charge is 0.293 e. The predicted octanol–water partition coefficient (Wildman–Crippen LogP) is 1.50. The Balaban J connectivity index is 2.69. The SMILES string of the molecule is O=COCc1ccccc1F. The van der Waals surface area contributed by atoms with E-state index in [-0.39, 0.29) is 12.4 Å². The van der Waals surface area contributed by atoms with Gasteiger partial charge in [0.2, 0.25) is 0 Å². The molecule has 1 rings (SSSR count).